The van der Waals surface area contributed by atoms with Crippen LogP contribution in [-0.4, -0.2) is 24.2 Å². The van der Waals surface area contributed by atoms with E-state index < -0.39 is 5.97 Å². The van der Waals surface area contributed by atoms with Crippen LogP contribution >= 0.6 is 27.5 Å². The molecule has 0 aliphatic carbocycles. The van der Waals surface area contributed by atoms with E-state index in [1.165, 1.54) is 13.2 Å². The average molecular weight is 398 g/mol. The molecule has 0 unspecified atom stereocenters. The molecule has 0 radical (unpaired) electrons. The summed E-state index contributed by atoms with van der Waals surface area (Å²) in [6.45, 7) is 0.204. The summed E-state index contributed by atoms with van der Waals surface area (Å²) in [4.78, 5) is 23.7. The number of carbonyl (C=O) groups excluding carboxylic acids is 2. The summed E-state index contributed by atoms with van der Waals surface area (Å²) in [6, 6.07) is 11.9. The van der Waals surface area contributed by atoms with E-state index in [-0.39, 0.29) is 23.3 Å². The lowest BCUT2D eigenvalue weighted by molar-refractivity contribution is 0.0595. The van der Waals surface area contributed by atoms with Crippen molar-refractivity contribution in [3.63, 3.8) is 0 Å². The lowest BCUT2D eigenvalue weighted by Gasteiger charge is -2.12. The number of rotatable bonds is 6. The van der Waals surface area contributed by atoms with Gasteiger partial charge in [-0.1, -0.05) is 45.7 Å². The van der Waals surface area contributed by atoms with Crippen molar-refractivity contribution in [1.82, 2.24) is 0 Å². The minimum atomic E-state index is -0.566. The maximum Gasteiger partial charge on any atom is 0.341 e. The summed E-state index contributed by atoms with van der Waals surface area (Å²) in [6.07, 6.45) is 0. The number of ketones is 1. The molecular weight excluding hydrogens is 384 g/mol. The number of Topliss-reactive ketones (excluding diaryl/α,β-unsaturated/α-hetero) is 1. The van der Waals surface area contributed by atoms with Crippen molar-refractivity contribution >= 4 is 39.3 Å². The Morgan fingerprint density at radius 3 is 2.57 bits per heavy atom. The molecule has 0 aliphatic heterocycles. The zero-order chi connectivity index (χ0) is 16.8. The molecule has 4 nitrogen and oxygen atoms in total. The molecule has 23 heavy (non-hydrogen) atoms. The summed E-state index contributed by atoms with van der Waals surface area (Å²) >= 11 is 9.19. The summed E-state index contributed by atoms with van der Waals surface area (Å²) in [5.41, 5.74) is 1.41. The van der Waals surface area contributed by atoms with Crippen molar-refractivity contribution in [2.24, 2.45) is 0 Å². The maximum atomic E-state index is 11.9. The molecule has 0 N–H and O–H groups in total. The van der Waals surface area contributed by atoms with Gasteiger partial charge in [-0.3, -0.25) is 4.79 Å². The van der Waals surface area contributed by atoms with Crippen molar-refractivity contribution in [1.29, 1.82) is 0 Å². The number of ether oxygens (including phenoxy) is 2. The predicted octanol–water partition coefficient (Wildman–Crippen LogP) is 4.28. The summed E-state index contributed by atoms with van der Waals surface area (Å²) in [5.74, 6) is -0.362. The van der Waals surface area contributed by atoms with Crippen LogP contribution in [0.2, 0.25) is 5.02 Å². The van der Waals surface area contributed by atoms with Crippen LogP contribution in [0.25, 0.3) is 0 Å². The molecule has 0 saturated heterocycles. The van der Waals surface area contributed by atoms with Crippen molar-refractivity contribution < 1.29 is 19.1 Å². The molecule has 0 aliphatic rings. The number of carbonyl (C=O) groups is 2. The first-order valence-electron chi connectivity index (χ1n) is 6.74. The van der Waals surface area contributed by atoms with E-state index in [1.54, 1.807) is 18.2 Å². The Balaban J connectivity index is 2.28. The SMILES string of the molecule is COC(=O)c1cc(C(=O)CBr)ccc1OCc1ccccc1Cl. The fourth-order valence-electron chi connectivity index (χ4n) is 1.95. The molecule has 0 aromatic heterocycles. The second-order valence-electron chi connectivity index (χ2n) is 4.64. The Hall–Kier alpha value is -1.85. The molecule has 0 amide bonds. The number of methoxy groups -OCH3 is 1. The zero-order valence-electron chi connectivity index (χ0n) is 12.3. The van der Waals surface area contributed by atoms with E-state index in [0.29, 0.717) is 16.3 Å². The van der Waals surface area contributed by atoms with E-state index in [1.807, 2.05) is 18.2 Å². The molecule has 0 fully saturated rings. The number of alkyl halides is 1. The van der Waals surface area contributed by atoms with Crippen LogP contribution < -0.4 is 4.74 Å². The van der Waals surface area contributed by atoms with Crippen LogP contribution in [0.15, 0.2) is 42.5 Å². The topological polar surface area (TPSA) is 52.6 Å². The van der Waals surface area contributed by atoms with Crippen LogP contribution in [0.4, 0.5) is 0 Å². The van der Waals surface area contributed by atoms with Gasteiger partial charge in [0.2, 0.25) is 0 Å². The highest BCUT2D eigenvalue weighted by Crippen LogP contribution is 2.24. The van der Waals surface area contributed by atoms with Gasteiger partial charge in [0, 0.05) is 16.1 Å². The quantitative estimate of drug-likeness (QED) is 0.415. The fourth-order valence-corrected chi connectivity index (χ4v) is 2.46. The summed E-state index contributed by atoms with van der Waals surface area (Å²) < 4.78 is 10.4. The first kappa shape index (κ1) is 17.5. The van der Waals surface area contributed by atoms with Gasteiger partial charge < -0.3 is 9.47 Å². The highest BCUT2D eigenvalue weighted by molar-refractivity contribution is 9.09. The third-order valence-corrected chi connectivity index (χ3v) is 4.05. The number of hydrogen-bond acceptors (Lipinski definition) is 4. The molecule has 0 spiro atoms. The Morgan fingerprint density at radius 2 is 1.91 bits per heavy atom. The molecule has 2 aromatic carbocycles. The highest BCUT2D eigenvalue weighted by Gasteiger charge is 2.17. The van der Waals surface area contributed by atoms with E-state index in [4.69, 9.17) is 21.1 Å². The third kappa shape index (κ3) is 4.33. The molecule has 2 aromatic rings. The molecular formula is C17H14BrClO4. The molecule has 0 bridgehead atoms. The Morgan fingerprint density at radius 1 is 1.17 bits per heavy atom. The van der Waals surface area contributed by atoms with Crippen LogP contribution in [-0.2, 0) is 11.3 Å². The van der Waals surface area contributed by atoms with E-state index >= 15 is 0 Å². The van der Waals surface area contributed by atoms with Crippen molar-refractivity contribution in [2.45, 2.75) is 6.61 Å². The fraction of sp³-hybridized carbons (Fsp3) is 0.176. The first-order chi connectivity index (χ1) is 11.1. The predicted molar refractivity (Wildman–Crippen MR) is 91.7 cm³/mol. The van der Waals surface area contributed by atoms with E-state index in [9.17, 15) is 9.59 Å². The van der Waals surface area contributed by atoms with Gasteiger partial charge in [-0.05, 0) is 24.3 Å². The van der Waals surface area contributed by atoms with Crippen LogP contribution in [0.5, 0.6) is 5.75 Å². The monoisotopic (exact) mass is 396 g/mol. The van der Waals surface area contributed by atoms with Gasteiger partial charge in [-0.15, -0.1) is 0 Å². The third-order valence-electron chi connectivity index (χ3n) is 3.17. The molecule has 0 atom stereocenters. The lowest BCUT2D eigenvalue weighted by Crippen LogP contribution is -2.09. The van der Waals surface area contributed by atoms with Gasteiger partial charge in [0.1, 0.15) is 17.9 Å². The Bertz CT molecular complexity index is 730. The van der Waals surface area contributed by atoms with Gasteiger partial charge in [0.05, 0.1) is 12.4 Å². The zero-order valence-corrected chi connectivity index (χ0v) is 14.7. The van der Waals surface area contributed by atoms with Gasteiger partial charge in [0.25, 0.3) is 0 Å². The van der Waals surface area contributed by atoms with Crippen LogP contribution in [0.1, 0.15) is 26.3 Å². The maximum absolute atomic E-state index is 11.9. The minimum Gasteiger partial charge on any atom is -0.488 e. The number of esters is 1. The van der Waals surface area contributed by atoms with E-state index in [0.717, 1.165) is 5.56 Å². The number of benzene rings is 2. The molecule has 0 heterocycles. The van der Waals surface area contributed by atoms with Gasteiger partial charge in [0.15, 0.2) is 5.78 Å². The summed E-state index contributed by atoms with van der Waals surface area (Å²) in [7, 11) is 1.28. The number of halogens is 2. The Kier molecular flexibility index (Phi) is 6.19. The van der Waals surface area contributed by atoms with Gasteiger partial charge >= 0.3 is 5.97 Å². The van der Waals surface area contributed by atoms with Gasteiger partial charge in [-0.2, -0.15) is 0 Å². The highest BCUT2D eigenvalue weighted by atomic mass is 79.9. The largest absolute Gasteiger partial charge is 0.488 e. The molecule has 6 heteroatoms. The van der Waals surface area contributed by atoms with Crippen LogP contribution in [0.3, 0.4) is 0 Å². The average Bonchev–Trinajstić information content (AvgIpc) is 2.59. The molecule has 2 rings (SSSR count). The van der Waals surface area contributed by atoms with Crippen molar-refractivity contribution in [3.8, 4) is 5.75 Å². The lowest BCUT2D eigenvalue weighted by atomic mass is 10.1. The standard InChI is InChI=1S/C17H14BrClO4/c1-22-17(21)13-8-11(15(20)9-18)6-7-16(13)23-10-12-4-2-3-5-14(12)19/h2-8H,9-10H2,1H3. The molecule has 120 valence electrons. The Labute approximate surface area is 147 Å². The molecule has 0 saturated carbocycles. The smallest absolute Gasteiger partial charge is 0.341 e. The number of hydrogen-bond donors (Lipinski definition) is 0. The minimum absolute atomic E-state index is 0.132. The first-order valence-corrected chi connectivity index (χ1v) is 8.24. The second-order valence-corrected chi connectivity index (χ2v) is 5.61. The second kappa shape index (κ2) is 8.13. The van der Waals surface area contributed by atoms with Crippen LogP contribution in [0, 0.1) is 0 Å². The van der Waals surface area contributed by atoms with E-state index in [2.05, 4.69) is 15.9 Å². The normalized spacial score (nSPS) is 10.2. The van der Waals surface area contributed by atoms with Gasteiger partial charge in [-0.25, -0.2) is 4.79 Å². The summed E-state index contributed by atoms with van der Waals surface area (Å²) in [5, 5.41) is 0.756. The van der Waals surface area contributed by atoms with Crippen molar-refractivity contribution in [2.75, 3.05) is 12.4 Å². The van der Waals surface area contributed by atoms with Crippen molar-refractivity contribution in [3.05, 3.63) is 64.2 Å².